The molecule has 1 amide bonds. The van der Waals surface area contributed by atoms with Crippen molar-refractivity contribution >= 4 is 11.7 Å². The second-order valence-electron chi connectivity index (χ2n) is 5.79. The normalized spacial score (nSPS) is 10.3. The van der Waals surface area contributed by atoms with E-state index in [9.17, 15) is 4.79 Å². The van der Waals surface area contributed by atoms with Crippen molar-refractivity contribution in [3.8, 4) is 0 Å². The van der Waals surface area contributed by atoms with Gasteiger partial charge in [0.1, 0.15) is 5.82 Å². The van der Waals surface area contributed by atoms with Gasteiger partial charge in [-0.25, -0.2) is 0 Å². The van der Waals surface area contributed by atoms with Crippen LogP contribution in [0.2, 0.25) is 0 Å². The number of hydrogen-bond donors (Lipinski definition) is 1. The fourth-order valence-electron chi connectivity index (χ4n) is 2.45. The van der Waals surface area contributed by atoms with Crippen LogP contribution in [-0.2, 0) is 13.1 Å². The van der Waals surface area contributed by atoms with Gasteiger partial charge in [0, 0.05) is 20.1 Å². The van der Waals surface area contributed by atoms with Crippen molar-refractivity contribution in [2.24, 2.45) is 0 Å². The molecule has 5 heteroatoms. The van der Waals surface area contributed by atoms with E-state index < -0.39 is 0 Å². The van der Waals surface area contributed by atoms with Gasteiger partial charge in [0.2, 0.25) is 0 Å². The first-order chi connectivity index (χ1) is 12.2. The molecule has 0 aliphatic rings. The number of hydrogen-bond acceptors (Lipinski definition) is 4. The highest BCUT2D eigenvalue weighted by atomic mass is 16.2. The van der Waals surface area contributed by atoms with E-state index >= 15 is 0 Å². The van der Waals surface area contributed by atoms with E-state index in [0.717, 1.165) is 11.1 Å². The number of aromatic nitrogens is 2. The van der Waals surface area contributed by atoms with Crippen molar-refractivity contribution < 1.29 is 4.79 Å². The lowest BCUT2D eigenvalue weighted by atomic mass is 10.2. The van der Waals surface area contributed by atoms with Gasteiger partial charge < -0.3 is 10.2 Å². The van der Waals surface area contributed by atoms with Gasteiger partial charge >= 0.3 is 0 Å². The van der Waals surface area contributed by atoms with Crippen LogP contribution in [-0.4, -0.2) is 28.1 Å². The van der Waals surface area contributed by atoms with Crippen LogP contribution in [0.15, 0.2) is 72.8 Å². The number of benzene rings is 2. The molecule has 0 bridgehead atoms. The lowest BCUT2D eigenvalue weighted by Gasteiger charge is -2.16. The smallest absolute Gasteiger partial charge is 0.274 e. The summed E-state index contributed by atoms with van der Waals surface area (Å²) in [6.07, 6.45) is 0. The third-order valence-electron chi connectivity index (χ3n) is 3.81. The summed E-state index contributed by atoms with van der Waals surface area (Å²) in [5.74, 6) is 0.497. The number of rotatable bonds is 6. The summed E-state index contributed by atoms with van der Waals surface area (Å²) in [6, 6.07) is 23.4. The molecule has 3 rings (SSSR count). The Hall–Kier alpha value is -3.21. The number of nitrogens with one attached hydrogen (secondary N) is 1. The summed E-state index contributed by atoms with van der Waals surface area (Å²) in [7, 11) is 1.76. The van der Waals surface area contributed by atoms with Crippen LogP contribution in [0, 0.1) is 0 Å². The molecular weight excluding hydrogens is 312 g/mol. The van der Waals surface area contributed by atoms with Crippen molar-refractivity contribution in [2.45, 2.75) is 13.1 Å². The molecule has 25 heavy (non-hydrogen) atoms. The number of amides is 1. The molecule has 5 nitrogen and oxygen atoms in total. The summed E-state index contributed by atoms with van der Waals surface area (Å²) in [5, 5.41) is 11.3. The van der Waals surface area contributed by atoms with Crippen LogP contribution in [0.4, 0.5) is 5.82 Å². The van der Waals surface area contributed by atoms with Gasteiger partial charge in [-0.2, -0.15) is 0 Å². The molecule has 0 aliphatic heterocycles. The molecule has 0 radical (unpaired) electrons. The number of anilines is 1. The third kappa shape index (κ3) is 4.64. The SMILES string of the molecule is CN(Cc1ccccc1)C(=O)c1ccc(NCc2ccccc2)nn1. The Labute approximate surface area is 147 Å². The van der Waals surface area contributed by atoms with Gasteiger partial charge in [-0.05, 0) is 23.3 Å². The Kier molecular flexibility index (Phi) is 5.36. The molecule has 1 N–H and O–H groups in total. The molecule has 1 heterocycles. The van der Waals surface area contributed by atoms with Gasteiger partial charge in [-0.1, -0.05) is 60.7 Å². The van der Waals surface area contributed by atoms with Crippen molar-refractivity contribution in [2.75, 3.05) is 12.4 Å². The van der Waals surface area contributed by atoms with Gasteiger partial charge in [-0.15, -0.1) is 10.2 Å². The van der Waals surface area contributed by atoms with Crippen LogP contribution < -0.4 is 5.32 Å². The first-order valence-electron chi connectivity index (χ1n) is 8.13. The molecule has 126 valence electrons. The van der Waals surface area contributed by atoms with Gasteiger partial charge in [0.05, 0.1) is 0 Å². The van der Waals surface area contributed by atoms with E-state index in [1.165, 1.54) is 0 Å². The molecule has 0 fully saturated rings. The van der Waals surface area contributed by atoms with Crippen LogP contribution >= 0.6 is 0 Å². The minimum Gasteiger partial charge on any atom is -0.365 e. The Bertz CT molecular complexity index is 804. The average molecular weight is 332 g/mol. The highest BCUT2D eigenvalue weighted by Gasteiger charge is 2.14. The van der Waals surface area contributed by atoms with E-state index in [0.29, 0.717) is 24.6 Å². The quantitative estimate of drug-likeness (QED) is 0.752. The minimum atomic E-state index is -0.147. The number of nitrogens with zero attached hydrogens (tertiary/aromatic N) is 3. The van der Waals surface area contributed by atoms with Gasteiger partial charge in [0.25, 0.3) is 5.91 Å². The molecule has 2 aromatic carbocycles. The molecule has 1 aromatic heterocycles. The zero-order chi connectivity index (χ0) is 17.5. The van der Waals surface area contributed by atoms with Crippen molar-refractivity contribution in [1.29, 1.82) is 0 Å². The Morgan fingerprint density at radius 3 is 2.12 bits per heavy atom. The maximum absolute atomic E-state index is 12.4. The van der Waals surface area contributed by atoms with Gasteiger partial charge in [0.15, 0.2) is 5.69 Å². The van der Waals surface area contributed by atoms with Crippen molar-refractivity contribution in [1.82, 2.24) is 15.1 Å². The molecule has 0 aliphatic carbocycles. The van der Waals surface area contributed by atoms with E-state index in [2.05, 4.69) is 15.5 Å². The average Bonchev–Trinajstić information content (AvgIpc) is 2.68. The highest BCUT2D eigenvalue weighted by molar-refractivity contribution is 5.92. The third-order valence-corrected chi connectivity index (χ3v) is 3.81. The maximum Gasteiger partial charge on any atom is 0.274 e. The number of carbonyl (C=O) groups is 1. The van der Waals surface area contributed by atoms with Crippen LogP contribution in [0.5, 0.6) is 0 Å². The Morgan fingerprint density at radius 1 is 0.880 bits per heavy atom. The predicted octanol–water partition coefficient (Wildman–Crippen LogP) is 3.36. The lowest BCUT2D eigenvalue weighted by molar-refractivity contribution is 0.0778. The molecule has 0 atom stereocenters. The molecule has 0 spiro atoms. The van der Waals surface area contributed by atoms with Gasteiger partial charge in [-0.3, -0.25) is 4.79 Å². The topological polar surface area (TPSA) is 58.1 Å². The molecular formula is C20H20N4O. The van der Waals surface area contributed by atoms with Crippen molar-refractivity contribution in [3.63, 3.8) is 0 Å². The molecule has 0 unspecified atom stereocenters. The fraction of sp³-hybridized carbons (Fsp3) is 0.150. The summed E-state index contributed by atoms with van der Waals surface area (Å²) in [5.41, 5.74) is 2.57. The summed E-state index contributed by atoms with van der Waals surface area (Å²) >= 11 is 0. The second kappa shape index (κ2) is 8.06. The maximum atomic E-state index is 12.4. The predicted molar refractivity (Wildman–Crippen MR) is 98.0 cm³/mol. The lowest BCUT2D eigenvalue weighted by Crippen LogP contribution is -2.27. The Morgan fingerprint density at radius 2 is 1.52 bits per heavy atom. The summed E-state index contributed by atoms with van der Waals surface area (Å²) in [4.78, 5) is 14.1. The fourth-order valence-corrected chi connectivity index (χ4v) is 2.45. The van der Waals surface area contributed by atoms with Crippen LogP contribution in [0.3, 0.4) is 0 Å². The largest absolute Gasteiger partial charge is 0.365 e. The van der Waals surface area contributed by atoms with E-state index in [1.54, 1.807) is 24.1 Å². The minimum absolute atomic E-state index is 0.147. The molecule has 0 saturated heterocycles. The van der Waals surface area contributed by atoms with E-state index in [4.69, 9.17) is 0 Å². The first kappa shape index (κ1) is 16.6. The standard InChI is InChI=1S/C20H20N4O/c1-24(15-17-10-6-3-7-11-17)20(25)18-12-13-19(23-22-18)21-14-16-8-4-2-5-9-16/h2-13H,14-15H2,1H3,(H,21,23). The summed E-state index contributed by atoms with van der Waals surface area (Å²) in [6.45, 7) is 1.20. The first-order valence-corrected chi connectivity index (χ1v) is 8.13. The van der Waals surface area contributed by atoms with E-state index in [-0.39, 0.29) is 5.91 Å². The number of carbonyl (C=O) groups excluding carboxylic acids is 1. The molecule has 0 saturated carbocycles. The highest BCUT2D eigenvalue weighted by Crippen LogP contribution is 2.09. The second-order valence-corrected chi connectivity index (χ2v) is 5.79. The van der Waals surface area contributed by atoms with E-state index in [1.807, 2.05) is 60.7 Å². The van der Waals surface area contributed by atoms with Crippen LogP contribution in [0.1, 0.15) is 21.6 Å². The zero-order valence-electron chi connectivity index (χ0n) is 14.1. The summed E-state index contributed by atoms with van der Waals surface area (Å²) < 4.78 is 0. The van der Waals surface area contributed by atoms with Crippen LogP contribution in [0.25, 0.3) is 0 Å². The van der Waals surface area contributed by atoms with Crippen molar-refractivity contribution in [3.05, 3.63) is 89.6 Å². The molecule has 3 aromatic rings. The monoisotopic (exact) mass is 332 g/mol. The zero-order valence-corrected chi connectivity index (χ0v) is 14.1. The Balaban J connectivity index is 1.58.